The molecule has 0 aliphatic heterocycles. The Morgan fingerprint density at radius 2 is 1.87 bits per heavy atom. The average Bonchev–Trinajstić information content (AvgIpc) is 2.16. The molecule has 1 aromatic carbocycles. The molecule has 0 saturated heterocycles. The highest BCUT2D eigenvalue weighted by Crippen LogP contribution is 2.06. The number of aliphatic carboxylic acids is 1. The molecule has 0 aromatic heterocycles. The Bertz CT molecular complexity index is 459. The summed E-state index contributed by atoms with van der Waals surface area (Å²) in [4.78, 5) is 10.1. The molecule has 1 N–H and O–H groups in total. The third kappa shape index (κ3) is 4.42. The fourth-order valence-electron chi connectivity index (χ4n) is 1.02. The maximum Gasteiger partial charge on any atom is 0.329 e. The maximum absolute atomic E-state index is 11.4. The molecule has 15 heavy (non-hydrogen) atoms. The molecule has 0 radical (unpaired) electrons. The number of carboxylic acid groups (broad SMARTS) is 1. The lowest BCUT2D eigenvalue weighted by Gasteiger charge is -1.98. The van der Waals surface area contributed by atoms with E-state index in [1.807, 2.05) is 0 Å². The summed E-state index contributed by atoms with van der Waals surface area (Å²) in [5, 5.41) is 9.00. The second-order valence-electron chi connectivity index (χ2n) is 2.93. The smallest absolute Gasteiger partial charge is 0.329 e. The first kappa shape index (κ1) is 11.5. The van der Waals surface area contributed by atoms with E-state index < -0.39 is 15.8 Å². The van der Waals surface area contributed by atoms with Crippen molar-refractivity contribution in [2.24, 2.45) is 0 Å². The van der Waals surface area contributed by atoms with Gasteiger partial charge in [-0.15, -0.1) is 0 Å². The van der Waals surface area contributed by atoms with E-state index in [0.717, 1.165) is 0 Å². The van der Waals surface area contributed by atoms with Gasteiger partial charge < -0.3 is 5.11 Å². The molecule has 0 bridgehead atoms. The zero-order chi connectivity index (χ0) is 11.3. The highest BCUT2D eigenvalue weighted by Gasteiger charge is 2.07. The van der Waals surface area contributed by atoms with Gasteiger partial charge in [-0.3, -0.25) is 0 Å². The quantitative estimate of drug-likeness (QED) is 0.783. The van der Waals surface area contributed by atoms with E-state index >= 15 is 0 Å². The zero-order valence-corrected chi connectivity index (χ0v) is 8.65. The van der Waals surface area contributed by atoms with Gasteiger partial charge >= 0.3 is 5.97 Å². The predicted molar refractivity (Wildman–Crippen MR) is 55.8 cm³/mol. The van der Waals surface area contributed by atoms with Gasteiger partial charge in [0.05, 0.1) is 5.75 Å². The van der Waals surface area contributed by atoms with Crippen LogP contribution in [0.5, 0.6) is 0 Å². The largest absolute Gasteiger partial charge is 0.478 e. The maximum atomic E-state index is 11.4. The van der Waals surface area contributed by atoms with Crippen LogP contribution < -0.4 is 0 Å². The molecule has 0 atom stereocenters. The molecule has 4 nitrogen and oxygen atoms in total. The lowest BCUT2D eigenvalue weighted by Crippen LogP contribution is -2.01. The average molecular weight is 226 g/mol. The van der Waals surface area contributed by atoms with Crippen LogP contribution in [0.4, 0.5) is 0 Å². The van der Waals surface area contributed by atoms with Gasteiger partial charge in [0.2, 0.25) is 0 Å². The molecule has 0 unspecified atom stereocenters. The van der Waals surface area contributed by atoms with Crippen LogP contribution in [0.2, 0.25) is 0 Å². The summed E-state index contributed by atoms with van der Waals surface area (Å²) in [6, 6.07) is 8.58. The standard InChI is InChI=1S/C10H10O4S/c11-10(12)6-7-15(13,14)8-9-4-2-1-3-5-9/h1-7H,8H2,(H,11,12)/b7-6-. The first-order valence-corrected chi connectivity index (χ1v) is 5.89. The van der Waals surface area contributed by atoms with Crippen molar-refractivity contribution in [3.63, 3.8) is 0 Å². The van der Waals surface area contributed by atoms with Gasteiger partial charge in [-0.2, -0.15) is 0 Å². The van der Waals surface area contributed by atoms with Crippen molar-refractivity contribution in [3.8, 4) is 0 Å². The van der Waals surface area contributed by atoms with E-state index in [-0.39, 0.29) is 5.75 Å². The summed E-state index contributed by atoms with van der Waals surface area (Å²) >= 11 is 0. The Labute approximate surface area is 87.8 Å². The molecule has 0 aliphatic rings. The Morgan fingerprint density at radius 1 is 1.27 bits per heavy atom. The molecule has 0 saturated carbocycles. The number of benzene rings is 1. The zero-order valence-electron chi connectivity index (χ0n) is 7.83. The minimum absolute atomic E-state index is 0.183. The highest BCUT2D eigenvalue weighted by molar-refractivity contribution is 7.93. The predicted octanol–water partition coefficient (Wildman–Crippen LogP) is 1.20. The fraction of sp³-hybridized carbons (Fsp3) is 0.100. The number of rotatable bonds is 4. The minimum atomic E-state index is -3.49. The summed E-state index contributed by atoms with van der Waals surface area (Å²) < 4.78 is 22.7. The third-order valence-corrected chi connectivity index (χ3v) is 2.92. The van der Waals surface area contributed by atoms with Gasteiger partial charge in [0.15, 0.2) is 9.84 Å². The van der Waals surface area contributed by atoms with Crippen LogP contribution >= 0.6 is 0 Å². The molecule has 0 spiro atoms. The van der Waals surface area contributed by atoms with Crippen LogP contribution in [0.1, 0.15) is 5.56 Å². The first-order chi connectivity index (χ1) is 6.99. The Hall–Kier alpha value is -1.62. The van der Waals surface area contributed by atoms with Crippen molar-refractivity contribution >= 4 is 15.8 Å². The van der Waals surface area contributed by atoms with Crippen molar-refractivity contribution in [2.75, 3.05) is 0 Å². The molecule has 5 heteroatoms. The van der Waals surface area contributed by atoms with E-state index in [0.29, 0.717) is 17.0 Å². The number of carboxylic acids is 1. The normalized spacial score (nSPS) is 11.7. The Morgan fingerprint density at radius 3 is 2.40 bits per heavy atom. The topological polar surface area (TPSA) is 71.4 Å². The summed E-state index contributed by atoms with van der Waals surface area (Å²) in [5.74, 6) is -1.45. The SMILES string of the molecule is O=C(O)/C=C\S(=O)(=O)Cc1ccccc1. The number of carbonyl (C=O) groups is 1. The molecule has 0 heterocycles. The van der Waals surface area contributed by atoms with Gasteiger partial charge in [-0.1, -0.05) is 30.3 Å². The Balaban J connectivity index is 2.78. The first-order valence-electron chi connectivity index (χ1n) is 4.17. The molecule has 0 fully saturated rings. The fourth-order valence-corrected chi connectivity index (χ4v) is 2.09. The number of hydrogen-bond acceptors (Lipinski definition) is 3. The Kier molecular flexibility index (Phi) is 3.62. The van der Waals surface area contributed by atoms with Gasteiger partial charge in [-0.25, -0.2) is 13.2 Å². The molecular weight excluding hydrogens is 216 g/mol. The minimum Gasteiger partial charge on any atom is -0.478 e. The molecular formula is C10H10O4S. The summed E-state index contributed by atoms with van der Waals surface area (Å²) in [6.07, 6.45) is 0.623. The van der Waals surface area contributed by atoms with E-state index in [9.17, 15) is 13.2 Å². The highest BCUT2D eigenvalue weighted by atomic mass is 32.2. The van der Waals surface area contributed by atoms with Crippen LogP contribution in [0.25, 0.3) is 0 Å². The van der Waals surface area contributed by atoms with Gasteiger partial charge in [0.25, 0.3) is 0 Å². The summed E-state index contributed by atoms with van der Waals surface area (Å²) in [7, 11) is -3.49. The second kappa shape index (κ2) is 4.75. The monoisotopic (exact) mass is 226 g/mol. The molecule has 0 aliphatic carbocycles. The number of sulfone groups is 1. The molecule has 0 amide bonds. The lowest BCUT2D eigenvalue weighted by atomic mass is 10.2. The van der Waals surface area contributed by atoms with Crippen molar-refractivity contribution < 1.29 is 18.3 Å². The molecule has 1 aromatic rings. The van der Waals surface area contributed by atoms with Crippen LogP contribution in [0, 0.1) is 0 Å². The van der Waals surface area contributed by atoms with Crippen LogP contribution in [0.3, 0.4) is 0 Å². The second-order valence-corrected chi connectivity index (χ2v) is 4.82. The lowest BCUT2D eigenvalue weighted by molar-refractivity contribution is -0.131. The van der Waals surface area contributed by atoms with E-state index in [2.05, 4.69) is 0 Å². The van der Waals surface area contributed by atoms with Gasteiger partial charge in [-0.05, 0) is 5.56 Å². The summed E-state index contributed by atoms with van der Waals surface area (Å²) in [5.41, 5.74) is 0.632. The van der Waals surface area contributed by atoms with Crippen LogP contribution in [-0.4, -0.2) is 19.5 Å². The van der Waals surface area contributed by atoms with E-state index in [1.54, 1.807) is 30.3 Å². The van der Waals surface area contributed by atoms with Gasteiger partial charge in [0.1, 0.15) is 0 Å². The summed E-state index contributed by atoms with van der Waals surface area (Å²) in [6.45, 7) is 0. The van der Waals surface area contributed by atoms with Crippen molar-refractivity contribution in [3.05, 3.63) is 47.4 Å². The third-order valence-electron chi connectivity index (χ3n) is 1.63. The van der Waals surface area contributed by atoms with Crippen molar-refractivity contribution in [1.29, 1.82) is 0 Å². The van der Waals surface area contributed by atoms with E-state index in [1.165, 1.54) is 0 Å². The molecule has 1 rings (SSSR count). The van der Waals surface area contributed by atoms with Crippen molar-refractivity contribution in [1.82, 2.24) is 0 Å². The van der Waals surface area contributed by atoms with E-state index in [4.69, 9.17) is 5.11 Å². The number of hydrogen-bond donors (Lipinski definition) is 1. The van der Waals surface area contributed by atoms with Crippen LogP contribution in [-0.2, 0) is 20.4 Å². The molecule has 80 valence electrons. The van der Waals surface area contributed by atoms with Gasteiger partial charge in [0, 0.05) is 11.5 Å². The van der Waals surface area contributed by atoms with Crippen molar-refractivity contribution in [2.45, 2.75) is 5.75 Å². The van der Waals surface area contributed by atoms with Crippen LogP contribution in [0.15, 0.2) is 41.8 Å².